The van der Waals surface area contributed by atoms with E-state index in [0.717, 1.165) is 24.1 Å². The van der Waals surface area contributed by atoms with Crippen molar-refractivity contribution in [1.82, 2.24) is 0 Å². The number of rotatable bonds is 3. The lowest BCUT2D eigenvalue weighted by molar-refractivity contribution is -0.117. The van der Waals surface area contributed by atoms with E-state index < -0.39 is 0 Å². The number of alkyl halides is 1. The molecule has 2 rings (SSSR count). The van der Waals surface area contributed by atoms with E-state index in [2.05, 4.69) is 28.2 Å². The van der Waals surface area contributed by atoms with Crippen LogP contribution in [0.1, 0.15) is 30.2 Å². The quantitative estimate of drug-likeness (QED) is 0.835. The van der Waals surface area contributed by atoms with E-state index in [4.69, 9.17) is 0 Å². The number of para-hydroxylation sites is 1. The van der Waals surface area contributed by atoms with Crippen LogP contribution in [0.2, 0.25) is 0 Å². The molecule has 1 aliphatic carbocycles. The summed E-state index contributed by atoms with van der Waals surface area (Å²) in [6.45, 7) is 2.06. The van der Waals surface area contributed by atoms with Gasteiger partial charge in [-0.15, -0.1) is 0 Å². The third-order valence-electron chi connectivity index (χ3n) is 2.60. The topological polar surface area (TPSA) is 29.1 Å². The Hall–Kier alpha value is -0.830. The first-order valence-corrected chi connectivity index (χ1v) is 6.14. The Bertz CT molecular complexity index is 372. The maximum atomic E-state index is 11.6. The summed E-state index contributed by atoms with van der Waals surface area (Å²) in [5.41, 5.74) is 2.06. The van der Waals surface area contributed by atoms with E-state index in [0.29, 0.717) is 0 Å². The van der Waals surface area contributed by atoms with Crippen LogP contribution in [0.5, 0.6) is 0 Å². The number of hydrogen-bond donors (Lipinski definition) is 1. The maximum Gasteiger partial charge on any atom is 0.227 e. The highest BCUT2D eigenvalue weighted by Crippen LogP contribution is 2.33. The molecule has 80 valence electrons. The molecule has 1 atom stereocenters. The van der Waals surface area contributed by atoms with Gasteiger partial charge >= 0.3 is 0 Å². The van der Waals surface area contributed by atoms with Crippen LogP contribution < -0.4 is 5.32 Å². The van der Waals surface area contributed by atoms with Crippen molar-refractivity contribution in [1.29, 1.82) is 0 Å². The fraction of sp³-hybridized carbons (Fsp3) is 0.417. The third-order valence-corrected chi connectivity index (χ3v) is 3.09. The number of hydrogen-bond acceptors (Lipinski definition) is 1. The van der Waals surface area contributed by atoms with Crippen molar-refractivity contribution in [3.63, 3.8) is 0 Å². The van der Waals surface area contributed by atoms with Gasteiger partial charge in [-0.2, -0.15) is 0 Å². The molecule has 3 heteroatoms. The minimum atomic E-state index is 0.163. The minimum Gasteiger partial charge on any atom is -0.326 e. The maximum absolute atomic E-state index is 11.6. The molecule has 0 saturated heterocycles. The molecule has 1 fully saturated rings. The molecular formula is C12H14BrNO. The van der Waals surface area contributed by atoms with Crippen molar-refractivity contribution in [2.24, 2.45) is 5.92 Å². The lowest BCUT2D eigenvalue weighted by Crippen LogP contribution is -2.14. The lowest BCUT2D eigenvalue weighted by atomic mass is 10.1. The summed E-state index contributed by atoms with van der Waals surface area (Å²) >= 11 is 3.52. The van der Waals surface area contributed by atoms with Crippen LogP contribution in [-0.2, 0) is 4.79 Å². The number of nitrogens with one attached hydrogen (secondary N) is 1. The predicted octanol–water partition coefficient (Wildman–Crippen LogP) is 3.49. The zero-order chi connectivity index (χ0) is 10.8. The minimum absolute atomic E-state index is 0.163. The fourth-order valence-electron chi connectivity index (χ4n) is 1.54. The van der Waals surface area contributed by atoms with Gasteiger partial charge in [0.15, 0.2) is 0 Å². The lowest BCUT2D eigenvalue weighted by Gasteiger charge is -2.12. The Balaban J connectivity index is 2.15. The van der Waals surface area contributed by atoms with Crippen LogP contribution in [0.4, 0.5) is 5.69 Å². The SMILES string of the molecule is CC(Br)c1ccccc1NC(=O)C1CC1. The monoisotopic (exact) mass is 267 g/mol. The summed E-state index contributed by atoms with van der Waals surface area (Å²) in [4.78, 5) is 11.9. The normalized spacial score (nSPS) is 17.2. The summed E-state index contributed by atoms with van der Waals surface area (Å²) < 4.78 is 0. The number of benzene rings is 1. The largest absolute Gasteiger partial charge is 0.326 e. The molecular weight excluding hydrogens is 254 g/mol. The van der Waals surface area contributed by atoms with Gasteiger partial charge in [0.2, 0.25) is 5.91 Å². The van der Waals surface area contributed by atoms with Crippen molar-refractivity contribution < 1.29 is 4.79 Å². The highest BCUT2D eigenvalue weighted by Gasteiger charge is 2.29. The van der Waals surface area contributed by atoms with E-state index in [1.54, 1.807) is 0 Å². The average Bonchev–Trinajstić information content (AvgIpc) is 3.01. The zero-order valence-electron chi connectivity index (χ0n) is 8.66. The molecule has 2 nitrogen and oxygen atoms in total. The molecule has 0 spiro atoms. The van der Waals surface area contributed by atoms with Crippen LogP contribution >= 0.6 is 15.9 Å². The molecule has 1 unspecified atom stereocenters. The van der Waals surface area contributed by atoms with E-state index in [9.17, 15) is 4.79 Å². The van der Waals surface area contributed by atoms with Gasteiger partial charge in [0.05, 0.1) is 0 Å². The number of anilines is 1. The average molecular weight is 268 g/mol. The van der Waals surface area contributed by atoms with Gasteiger partial charge < -0.3 is 5.32 Å². The van der Waals surface area contributed by atoms with Crippen molar-refractivity contribution in [3.05, 3.63) is 29.8 Å². The first-order valence-electron chi connectivity index (χ1n) is 5.22. The number of amides is 1. The smallest absolute Gasteiger partial charge is 0.227 e. The van der Waals surface area contributed by atoms with Crippen LogP contribution in [0.3, 0.4) is 0 Å². The summed E-state index contributed by atoms with van der Waals surface area (Å²) in [5, 5.41) is 2.98. The predicted molar refractivity (Wildman–Crippen MR) is 65.1 cm³/mol. The summed E-state index contributed by atoms with van der Waals surface area (Å²) in [5.74, 6) is 0.416. The zero-order valence-corrected chi connectivity index (χ0v) is 10.3. The highest BCUT2D eigenvalue weighted by molar-refractivity contribution is 9.09. The Morgan fingerprint density at radius 3 is 2.73 bits per heavy atom. The number of carbonyl (C=O) groups excluding carboxylic acids is 1. The molecule has 0 heterocycles. The van der Waals surface area contributed by atoms with E-state index in [-0.39, 0.29) is 16.7 Å². The van der Waals surface area contributed by atoms with Gasteiger partial charge in [-0.25, -0.2) is 0 Å². The van der Waals surface area contributed by atoms with Gasteiger partial charge in [-0.1, -0.05) is 34.1 Å². The number of carbonyl (C=O) groups is 1. The molecule has 1 saturated carbocycles. The second-order valence-electron chi connectivity index (χ2n) is 3.97. The second-order valence-corrected chi connectivity index (χ2v) is 5.34. The van der Waals surface area contributed by atoms with Crippen molar-refractivity contribution >= 4 is 27.5 Å². The summed E-state index contributed by atoms with van der Waals surface area (Å²) in [6.07, 6.45) is 2.08. The molecule has 1 aliphatic rings. The molecule has 0 aromatic heterocycles. The molecule has 0 aliphatic heterocycles. The summed E-state index contributed by atoms with van der Waals surface area (Å²) in [7, 11) is 0. The Labute approximate surface area is 98.2 Å². The molecule has 15 heavy (non-hydrogen) atoms. The van der Waals surface area contributed by atoms with Crippen LogP contribution in [0, 0.1) is 5.92 Å². The van der Waals surface area contributed by atoms with Crippen LogP contribution in [-0.4, -0.2) is 5.91 Å². The van der Waals surface area contributed by atoms with E-state index >= 15 is 0 Å². The van der Waals surface area contributed by atoms with Crippen molar-refractivity contribution in [2.75, 3.05) is 5.32 Å². The molecule has 1 aromatic carbocycles. The van der Waals surface area contributed by atoms with Gasteiger partial charge in [0, 0.05) is 16.4 Å². The Morgan fingerprint density at radius 2 is 2.13 bits per heavy atom. The Kier molecular flexibility index (Phi) is 3.10. The van der Waals surface area contributed by atoms with E-state index in [1.165, 1.54) is 0 Å². The molecule has 0 radical (unpaired) electrons. The van der Waals surface area contributed by atoms with Crippen molar-refractivity contribution in [2.45, 2.75) is 24.6 Å². The van der Waals surface area contributed by atoms with Gasteiger partial charge in [0.25, 0.3) is 0 Å². The third kappa shape index (κ3) is 2.59. The molecule has 1 aromatic rings. The first kappa shape index (κ1) is 10.7. The molecule has 1 amide bonds. The van der Waals surface area contributed by atoms with Gasteiger partial charge in [-0.05, 0) is 31.4 Å². The van der Waals surface area contributed by atoms with E-state index in [1.807, 2.05) is 24.3 Å². The Morgan fingerprint density at radius 1 is 1.47 bits per heavy atom. The molecule has 1 N–H and O–H groups in total. The van der Waals surface area contributed by atoms with Crippen LogP contribution in [0.15, 0.2) is 24.3 Å². The number of halogens is 1. The van der Waals surface area contributed by atoms with Crippen LogP contribution in [0.25, 0.3) is 0 Å². The standard InChI is InChI=1S/C12H14BrNO/c1-8(13)10-4-2-3-5-11(10)14-12(15)9-6-7-9/h2-5,8-9H,6-7H2,1H3,(H,14,15). The van der Waals surface area contributed by atoms with Crippen molar-refractivity contribution in [3.8, 4) is 0 Å². The van der Waals surface area contributed by atoms with Gasteiger partial charge in [0.1, 0.15) is 0 Å². The first-order chi connectivity index (χ1) is 7.18. The molecule has 0 bridgehead atoms. The van der Waals surface area contributed by atoms with Gasteiger partial charge in [-0.3, -0.25) is 4.79 Å². The highest BCUT2D eigenvalue weighted by atomic mass is 79.9. The summed E-state index contributed by atoms with van der Waals surface area (Å²) in [6, 6.07) is 7.91. The second kappa shape index (κ2) is 4.35. The fourth-order valence-corrected chi connectivity index (χ4v) is 1.94.